The fourth-order valence-corrected chi connectivity index (χ4v) is 3.46. The lowest BCUT2D eigenvalue weighted by Gasteiger charge is -2.33. The number of aromatic nitrogens is 3. The van der Waals surface area contributed by atoms with E-state index in [4.69, 9.17) is 4.42 Å². The number of piperazine rings is 1. The number of nitrogens with zero attached hydrogens (tertiary/aromatic N) is 5. The number of anilines is 1. The molecular weight excluding hydrogens is 427 g/mol. The Hall–Kier alpha value is -2.93. The molecule has 3 aromatic rings. The summed E-state index contributed by atoms with van der Waals surface area (Å²) in [5.41, 5.74) is -4.57. The van der Waals surface area contributed by atoms with Crippen LogP contribution in [0.4, 0.5) is 18.9 Å². The van der Waals surface area contributed by atoms with Crippen LogP contribution in [0.5, 0.6) is 5.75 Å². The van der Waals surface area contributed by atoms with Gasteiger partial charge in [-0.15, -0.1) is 0 Å². The third kappa shape index (κ3) is 3.77. The van der Waals surface area contributed by atoms with Gasteiger partial charge in [-0.05, 0) is 13.1 Å². The first-order valence-electron chi connectivity index (χ1n) is 8.78. The van der Waals surface area contributed by atoms with Crippen LogP contribution in [0.2, 0.25) is 0 Å². The molecule has 1 aliphatic rings. The molecule has 0 N–H and O–H groups in total. The van der Waals surface area contributed by atoms with E-state index < -0.39 is 21.4 Å². The van der Waals surface area contributed by atoms with Crippen LogP contribution in [0.3, 0.4) is 0 Å². The Bertz CT molecular complexity index is 1160. The van der Waals surface area contributed by atoms with Crippen LogP contribution in [0.1, 0.15) is 0 Å². The third-order valence-corrected chi connectivity index (χ3v) is 5.62. The molecule has 160 valence electrons. The van der Waals surface area contributed by atoms with Crippen molar-refractivity contribution in [3.8, 4) is 17.3 Å². The average Bonchev–Trinajstić information content (AvgIpc) is 3.10. The van der Waals surface area contributed by atoms with Gasteiger partial charge < -0.3 is 18.4 Å². The summed E-state index contributed by atoms with van der Waals surface area (Å²) in [7, 11) is -3.79. The Balaban J connectivity index is 1.63. The predicted molar refractivity (Wildman–Crippen MR) is 100 cm³/mol. The summed E-state index contributed by atoms with van der Waals surface area (Å²) in [6, 6.07) is 1.28. The van der Waals surface area contributed by atoms with Crippen molar-refractivity contribution >= 4 is 26.8 Å². The van der Waals surface area contributed by atoms with Gasteiger partial charge in [0.15, 0.2) is 22.9 Å². The number of furan rings is 1. The maximum atomic E-state index is 12.6. The Kier molecular flexibility index (Phi) is 5.02. The molecule has 0 atom stereocenters. The van der Waals surface area contributed by atoms with E-state index in [1.165, 1.54) is 12.3 Å². The summed E-state index contributed by atoms with van der Waals surface area (Å²) in [5, 5.41) is -0.000399. The van der Waals surface area contributed by atoms with E-state index in [9.17, 15) is 21.6 Å². The lowest BCUT2D eigenvalue weighted by molar-refractivity contribution is -0.0499. The van der Waals surface area contributed by atoms with Gasteiger partial charge >= 0.3 is 15.6 Å². The predicted octanol–water partition coefficient (Wildman–Crippen LogP) is 2.27. The van der Waals surface area contributed by atoms with Crippen LogP contribution in [0.15, 0.2) is 35.3 Å². The number of alkyl halides is 3. The van der Waals surface area contributed by atoms with Crippen molar-refractivity contribution in [2.24, 2.45) is 0 Å². The number of likely N-dealkylation sites (N-methyl/N-ethyl adjacent to an activating group) is 1. The van der Waals surface area contributed by atoms with Gasteiger partial charge in [0, 0.05) is 32.4 Å². The molecule has 0 aliphatic carbocycles. The van der Waals surface area contributed by atoms with E-state index in [1.807, 2.05) is 7.05 Å². The molecule has 30 heavy (non-hydrogen) atoms. The molecule has 0 unspecified atom stereocenters. The molecule has 4 heterocycles. The number of hydrogen-bond acceptors (Lipinski definition) is 9. The molecule has 1 fully saturated rings. The van der Waals surface area contributed by atoms with Gasteiger partial charge in [-0.25, -0.2) is 15.0 Å². The van der Waals surface area contributed by atoms with Crippen molar-refractivity contribution in [3.63, 3.8) is 0 Å². The first-order chi connectivity index (χ1) is 14.2. The zero-order valence-corrected chi connectivity index (χ0v) is 16.4. The number of pyridine rings is 1. The number of rotatable bonds is 4. The third-order valence-electron chi connectivity index (χ3n) is 4.66. The zero-order valence-electron chi connectivity index (χ0n) is 15.6. The second kappa shape index (κ2) is 7.40. The largest absolute Gasteiger partial charge is 0.534 e. The first kappa shape index (κ1) is 20.3. The monoisotopic (exact) mass is 443 g/mol. The van der Waals surface area contributed by atoms with E-state index in [1.54, 1.807) is 12.4 Å². The summed E-state index contributed by atoms with van der Waals surface area (Å²) in [4.78, 5) is 17.1. The quantitative estimate of drug-likeness (QED) is 0.444. The highest BCUT2D eigenvalue weighted by Gasteiger charge is 2.49. The van der Waals surface area contributed by atoms with Crippen LogP contribution in [-0.4, -0.2) is 67.0 Å². The second-order valence-electron chi connectivity index (χ2n) is 6.67. The van der Waals surface area contributed by atoms with E-state index in [0.29, 0.717) is 0 Å². The summed E-state index contributed by atoms with van der Waals surface area (Å²) in [5.74, 6) is -0.418. The smallest absolute Gasteiger partial charge is 0.458 e. The Morgan fingerprint density at radius 2 is 1.77 bits per heavy atom. The SMILES string of the molecule is CN1CCN(c2cnc(-c3nccc4c(OS(=O)(=O)C(F)(F)F)coc34)nc2)CC1. The molecule has 1 aliphatic heterocycles. The lowest BCUT2D eigenvalue weighted by atomic mass is 10.2. The van der Waals surface area contributed by atoms with Gasteiger partial charge in [0.05, 0.1) is 23.5 Å². The lowest BCUT2D eigenvalue weighted by Crippen LogP contribution is -2.44. The molecule has 1 saturated heterocycles. The van der Waals surface area contributed by atoms with Gasteiger partial charge in [-0.2, -0.15) is 21.6 Å². The molecule has 4 rings (SSSR count). The Labute approximate surface area is 169 Å². The molecule has 0 amide bonds. The highest BCUT2D eigenvalue weighted by Crippen LogP contribution is 2.36. The summed E-state index contributed by atoms with van der Waals surface area (Å²) < 4.78 is 69.8. The number of fused-ring (bicyclic) bond motifs is 1. The maximum Gasteiger partial charge on any atom is 0.534 e. The highest BCUT2D eigenvalue weighted by atomic mass is 32.2. The number of hydrogen-bond donors (Lipinski definition) is 0. The van der Waals surface area contributed by atoms with E-state index in [0.717, 1.165) is 38.1 Å². The van der Waals surface area contributed by atoms with Crippen LogP contribution >= 0.6 is 0 Å². The molecule has 0 radical (unpaired) electrons. The molecular formula is C17H16F3N5O4S. The van der Waals surface area contributed by atoms with Crippen LogP contribution < -0.4 is 9.08 Å². The summed E-state index contributed by atoms with van der Waals surface area (Å²) in [6.45, 7) is 3.50. The topological polar surface area (TPSA) is 102 Å². The minimum Gasteiger partial charge on any atom is -0.458 e. The van der Waals surface area contributed by atoms with E-state index >= 15 is 0 Å². The van der Waals surface area contributed by atoms with Crippen molar-refractivity contribution in [1.82, 2.24) is 19.9 Å². The van der Waals surface area contributed by atoms with Gasteiger partial charge in [-0.3, -0.25) is 0 Å². The second-order valence-corrected chi connectivity index (χ2v) is 8.21. The maximum absolute atomic E-state index is 12.6. The van der Waals surface area contributed by atoms with Crippen molar-refractivity contribution in [3.05, 3.63) is 30.9 Å². The van der Waals surface area contributed by atoms with Gasteiger partial charge in [0.1, 0.15) is 6.26 Å². The van der Waals surface area contributed by atoms with Gasteiger partial charge in [-0.1, -0.05) is 0 Å². The minimum absolute atomic E-state index is 0.000399. The van der Waals surface area contributed by atoms with Crippen molar-refractivity contribution in [2.75, 3.05) is 38.1 Å². The molecule has 3 aromatic heterocycles. The molecule has 0 saturated carbocycles. The van der Waals surface area contributed by atoms with Crippen molar-refractivity contribution < 1.29 is 30.2 Å². The van der Waals surface area contributed by atoms with Gasteiger partial charge in [0.25, 0.3) is 0 Å². The fourth-order valence-electron chi connectivity index (χ4n) is 3.00. The minimum atomic E-state index is -5.83. The van der Waals surface area contributed by atoms with Crippen LogP contribution in [-0.2, 0) is 10.1 Å². The Morgan fingerprint density at radius 1 is 1.10 bits per heavy atom. The zero-order chi connectivity index (χ0) is 21.5. The molecule has 9 nitrogen and oxygen atoms in total. The van der Waals surface area contributed by atoms with Crippen LogP contribution in [0.25, 0.3) is 22.5 Å². The standard InChI is InChI=1S/C17H16F3N5O4S/c1-24-4-6-25(7-5-24)11-8-22-16(23-9-11)14-15-12(2-3-21-14)13(10-28-15)29-30(26,27)17(18,19)20/h2-3,8-10H,4-7H2,1H3. The highest BCUT2D eigenvalue weighted by molar-refractivity contribution is 7.88. The molecule has 0 spiro atoms. The van der Waals surface area contributed by atoms with E-state index in [2.05, 4.69) is 28.9 Å². The normalized spacial score (nSPS) is 16.2. The van der Waals surface area contributed by atoms with Crippen molar-refractivity contribution in [2.45, 2.75) is 5.51 Å². The first-order valence-corrected chi connectivity index (χ1v) is 10.2. The van der Waals surface area contributed by atoms with Gasteiger partial charge in [0.2, 0.25) is 0 Å². The average molecular weight is 443 g/mol. The van der Waals surface area contributed by atoms with E-state index in [-0.39, 0.29) is 22.5 Å². The number of halogens is 3. The molecule has 0 aromatic carbocycles. The molecule has 13 heteroatoms. The fraction of sp³-hybridized carbons (Fsp3) is 0.353. The molecule has 0 bridgehead atoms. The van der Waals surface area contributed by atoms with Crippen LogP contribution in [0, 0.1) is 0 Å². The Morgan fingerprint density at radius 3 is 2.40 bits per heavy atom. The summed E-state index contributed by atoms with van der Waals surface area (Å²) in [6.07, 6.45) is 5.31. The van der Waals surface area contributed by atoms with Crippen molar-refractivity contribution in [1.29, 1.82) is 0 Å². The summed E-state index contributed by atoms with van der Waals surface area (Å²) >= 11 is 0.